The third kappa shape index (κ3) is 9.56. The van der Waals surface area contributed by atoms with Gasteiger partial charge in [0.25, 0.3) is 0 Å². The normalized spacial score (nSPS) is 19.9. The molecule has 0 bridgehead atoms. The fraction of sp³-hybridized carbons (Fsp3) is 0.667. The molecule has 2 aliphatic rings. The van der Waals surface area contributed by atoms with Crippen LogP contribution in [0, 0.1) is 5.92 Å². The van der Waals surface area contributed by atoms with Crippen molar-refractivity contribution >= 4 is 6.09 Å². The molecule has 1 aromatic heterocycles. The minimum absolute atomic E-state index is 0.0556. The molecule has 1 aromatic carbocycles. The van der Waals surface area contributed by atoms with Crippen molar-refractivity contribution in [3.05, 3.63) is 36.0 Å². The molecule has 9 nitrogen and oxygen atoms in total. The molecule has 9 heteroatoms. The molecule has 2 heterocycles. The summed E-state index contributed by atoms with van der Waals surface area (Å²) < 4.78 is 29.2. The van der Waals surface area contributed by atoms with Crippen LogP contribution in [0.4, 0.5) is 4.79 Å². The highest BCUT2D eigenvalue weighted by Gasteiger charge is 2.35. The molecule has 1 amide bonds. The Hall–Kier alpha value is -2.91. The molecular weight excluding hydrogens is 534 g/mol. The topological polar surface area (TPSA) is 92.2 Å². The van der Waals surface area contributed by atoms with Gasteiger partial charge in [0.15, 0.2) is 0 Å². The van der Waals surface area contributed by atoms with Crippen LogP contribution in [0.5, 0.6) is 11.6 Å². The van der Waals surface area contributed by atoms with Crippen molar-refractivity contribution in [2.45, 2.75) is 103 Å². The number of methoxy groups -OCH3 is 1. The summed E-state index contributed by atoms with van der Waals surface area (Å²) >= 11 is 0. The standard InChI is InChI=1S/C33H49N3O6/c1-6-7-13-29-28(24-14-16-27(17-15-24)41-26-11-9-8-10-12-26)20-31(35-34-29)39-22-25-18-19-36(21-30(25)40-23-38-5)32(37)42-33(2,3)4/h14-17,20,25-26,30H,6-13,18-19,21-23H2,1-5H3. The largest absolute Gasteiger partial charge is 0.490 e. The summed E-state index contributed by atoms with van der Waals surface area (Å²) in [5.74, 6) is 1.45. The summed E-state index contributed by atoms with van der Waals surface area (Å²) in [6.45, 7) is 9.30. The first kappa shape index (κ1) is 32.0. The maximum atomic E-state index is 12.7. The van der Waals surface area contributed by atoms with E-state index in [1.807, 2.05) is 26.8 Å². The van der Waals surface area contributed by atoms with E-state index in [9.17, 15) is 4.79 Å². The fourth-order valence-electron chi connectivity index (χ4n) is 5.52. The smallest absolute Gasteiger partial charge is 0.410 e. The lowest BCUT2D eigenvalue weighted by Gasteiger charge is -2.38. The number of hydrogen-bond donors (Lipinski definition) is 0. The zero-order valence-electron chi connectivity index (χ0n) is 26.1. The molecule has 2 unspecified atom stereocenters. The molecule has 0 radical (unpaired) electrons. The van der Waals surface area contributed by atoms with Gasteiger partial charge >= 0.3 is 6.09 Å². The number of hydrogen-bond acceptors (Lipinski definition) is 8. The van der Waals surface area contributed by atoms with E-state index in [1.54, 1.807) is 12.0 Å². The highest BCUT2D eigenvalue weighted by Crippen LogP contribution is 2.31. The van der Waals surface area contributed by atoms with E-state index in [1.165, 1.54) is 19.3 Å². The first-order valence-corrected chi connectivity index (χ1v) is 15.6. The van der Waals surface area contributed by atoms with Gasteiger partial charge in [0.05, 0.1) is 31.1 Å². The van der Waals surface area contributed by atoms with Gasteiger partial charge in [0, 0.05) is 31.2 Å². The van der Waals surface area contributed by atoms with Crippen molar-refractivity contribution in [2.75, 3.05) is 33.6 Å². The minimum Gasteiger partial charge on any atom is -0.490 e. The molecule has 0 N–H and O–H groups in total. The Morgan fingerprint density at radius 1 is 1.05 bits per heavy atom. The van der Waals surface area contributed by atoms with Crippen LogP contribution in [-0.4, -0.2) is 72.6 Å². The number of ether oxygens (including phenoxy) is 5. The van der Waals surface area contributed by atoms with Crippen LogP contribution < -0.4 is 9.47 Å². The first-order valence-electron chi connectivity index (χ1n) is 15.6. The molecule has 2 aromatic rings. The van der Waals surface area contributed by atoms with Gasteiger partial charge in [-0.05, 0) is 83.4 Å². The van der Waals surface area contributed by atoms with Crippen LogP contribution in [0.1, 0.15) is 84.8 Å². The van der Waals surface area contributed by atoms with Crippen LogP contribution in [-0.2, 0) is 20.6 Å². The van der Waals surface area contributed by atoms with Crippen molar-refractivity contribution in [3.63, 3.8) is 0 Å². The van der Waals surface area contributed by atoms with Gasteiger partial charge in [-0.3, -0.25) is 0 Å². The highest BCUT2D eigenvalue weighted by atomic mass is 16.7. The third-order valence-corrected chi connectivity index (χ3v) is 7.83. The molecule has 0 spiro atoms. The molecular formula is C33H49N3O6. The Kier molecular flexibility index (Phi) is 11.8. The van der Waals surface area contributed by atoms with Gasteiger partial charge in [-0.15, -0.1) is 5.10 Å². The fourth-order valence-corrected chi connectivity index (χ4v) is 5.52. The van der Waals surface area contributed by atoms with E-state index < -0.39 is 5.60 Å². The molecule has 1 aliphatic carbocycles. The highest BCUT2D eigenvalue weighted by molar-refractivity contribution is 5.68. The first-order chi connectivity index (χ1) is 20.3. The zero-order chi connectivity index (χ0) is 30.0. The monoisotopic (exact) mass is 583 g/mol. The van der Waals surface area contributed by atoms with E-state index >= 15 is 0 Å². The number of aromatic nitrogens is 2. The second-order valence-electron chi connectivity index (χ2n) is 12.4. The van der Waals surface area contributed by atoms with Crippen LogP contribution >= 0.6 is 0 Å². The predicted molar refractivity (Wildman–Crippen MR) is 162 cm³/mol. The summed E-state index contributed by atoms with van der Waals surface area (Å²) in [7, 11) is 1.59. The lowest BCUT2D eigenvalue weighted by atomic mass is 9.94. The maximum absolute atomic E-state index is 12.7. The quantitative estimate of drug-likeness (QED) is 0.251. The third-order valence-electron chi connectivity index (χ3n) is 7.83. The van der Waals surface area contributed by atoms with E-state index in [-0.39, 0.29) is 24.9 Å². The van der Waals surface area contributed by atoms with E-state index in [0.29, 0.717) is 38.1 Å². The Morgan fingerprint density at radius 3 is 2.50 bits per heavy atom. The SMILES string of the molecule is CCCCc1nnc(OCC2CCN(C(=O)OC(C)(C)C)CC2OCOC)cc1-c1ccc(OC2CCCCC2)cc1. The van der Waals surface area contributed by atoms with Crippen molar-refractivity contribution in [1.82, 2.24) is 15.1 Å². The molecule has 1 saturated carbocycles. The Balaban J connectivity index is 1.43. The molecule has 4 rings (SSSR count). The second-order valence-corrected chi connectivity index (χ2v) is 12.4. The molecule has 232 valence electrons. The van der Waals surface area contributed by atoms with Gasteiger partial charge < -0.3 is 28.6 Å². The molecule has 1 saturated heterocycles. The number of carbonyl (C=O) groups excluding carboxylic acids is 1. The number of rotatable bonds is 12. The lowest BCUT2D eigenvalue weighted by Crippen LogP contribution is -2.50. The van der Waals surface area contributed by atoms with Crippen LogP contribution in [0.3, 0.4) is 0 Å². The van der Waals surface area contributed by atoms with Crippen molar-refractivity contribution < 1.29 is 28.5 Å². The Morgan fingerprint density at radius 2 is 1.81 bits per heavy atom. The number of benzene rings is 1. The van der Waals surface area contributed by atoms with Gasteiger partial charge in [0.1, 0.15) is 18.1 Å². The molecule has 2 atom stereocenters. The Labute approximate surface area is 251 Å². The van der Waals surface area contributed by atoms with Gasteiger partial charge in [0.2, 0.25) is 5.88 Å². The summed E-state index contributed by atoms with van der Waals surface area (Å²) in [5.41, 5.74) is 2.52. The van der Waals surface area contributed by atoms with Gasteiger partial charge in [-0.2, -0.15) is 5.10 Å². The predicted octanol–water partition coefficient (Wildman–Crippen LogP) is 6.82. The summed E-state index contributed by atoms with van der Waals surface area (Å²) in [6, 6.07) is 10.3. The number of nitrogens with zero attached hydrogens (tertiary/aromatic N) is 3. The van der Waals surface area contributed by atoms with E-state index in [0.717, 1.165) is 54.7 Å². The van der Waals surface area contributed by atoms with Gasteiger partial charge in [-0.25, -0.2) is 4.79 Å². The number of aryl methyl sites for hydroxylation is 1. The average molecular weight is 584 g/mol. The Bertz CT molecular complexity index is 1110. The number of likely N-dealkylation sites (tertiary alicyclic amines) is 1. The van der Waals surface area contributed by atoms with E-state index in [2.05, 4.69) is 41.4 Å². The van der Waals surface area contributed by atoms with Crippen LogP contribution in [0.2, 0.25) is 0 Å². The second kappa shape index (κ2) is 15.5. The minimum atomic E-state index is -0.553. The maximum Gasteiger partial charge on any atom is 0.410 e. The zero-order valence-corrected chi connectivity index (χ0v) is 26.1. The number of amides is 1. The van der Waals surface area contributed by atoms with Crippen LogP contribution in [0.15, 0.2) is 30.3 Å². The van der Waals surface area contributed by atoms with Crippen molar-refractivity contribution in [3.8, 4) is 22.8 Å². The van der Waals surface area contributed by atoms with Gasteiger partial charge in [-0.1, -0.05) is 31.9 Å². The lowest BCUT2D eigenvalue weighted by molar-refractivity contribution is -0.118. The number of carbonyl (C=O) groups is 1. The number of piperidine rings is 1. The van der Waals surface area contributed by atoms with Crippen LogP contribution in [0.25, 0.3) is 11.1 Å². The summed E-state index contributed by atoms with van der Waals surface area (Å²) in [4.78, 5) is 14.4. The summed E-state index contributed by atoms with van der Waals surface area (Å²) in [6.07, 6.45) is 9.50. The molecule has 42 heavy (non-hydrogen) atoms. The average Bonchev–Trinajstić information content (AvgIpc) is 2.98. The van der Waals surface area contributed by atoms with E-state index in [4.69, 9.17) is 23.7 Å². The number of unbranched alkanes of at least 4 members (excludes halogenated alkanes) is 1. The summed E-state index contributed by atoms with van der Waals surface area (Å²) in [5, 5.41) is 9.00. The van der Waals surface area contributed by atoms with Crippen molar-refractivity contribution in [1.29, 1.82) is 0 Å². The molecule has 2 fully saturated rings. The van der Waals surface area contributed by atoms with Crippen molar-refractivity contribution in [2.24, 2.45) is 5.92 Å². The molecule has 1 aliphatic heterocycles.